The first kappa shape index (κ1) is 35.8. The van der Waals surface area contributed by atoms with E-state index in [1.54, 1.807) is 7.05 Å². The summed E-state index contributed by atoms with van der Waals surface area (Å²) in [5, 5.41) is 11.5. The molecule has 0 radical (unpaired) electrons. The molecule has 43 heavy (non-hydrogen) atoms. The lowest BCUT2D eigenvalue weighted by atomic mass is 9.96. The Morgan fingerprint density at radius 2 is 0.977 bits per heavy atom. The average Bonchev–Trinajstić information content (AvgIpc) is 2.90. The molecule has 0 unspecified atom stereocenters. The quantitative estimate of drug-likeness (QED) is 0.346. The zero-order valence-corrected chi connectivity index (χ0v) is 27.4. The number of carbonyl (C=O) groups excluding carboxylic acids is 5. The summed E-state index contributed by atoms with van der Waals surface area (Å²) in [6, 6.07) is 4.70. The van der Waals surface area contributed by atoms with Gasteiger partial charge in [-0.15, -0.1) is 0 Å². The molecule has 0 saturated carbocycles. The number of nitrogens with one attached hydrogen (secondary N) is 4. The number of carbonyl (C=O) groups is 5. The largest absolute Gasteiger partial charge is 0.343 e. The second kappa shape index (κ2) is 16.4. The maximum Gasteiger partial charge on any atom is 0.245 e. The predicted molar refractivity (Wildman–Crippen MR) is 168 cm³/mol. The van der Waals surface area contributed by atoms with Crippen molar-refractivity contribution in [3.8, 4) is 0 Å². The van der Waals surface area contributed by atoms with Crippen molar-refractivity contribution < 1.29 is 24.0 Å². The fraction of sp³-hybridized carbons (Fsp3) is 0.667. The molecule has 1 aliphatic rings. The summed E-state index contributed by atoms with van der Waals surface area (Å²) in [6.07, 6.45) is 1.23. The summed E-state index contributed by atoms with van der Waals surface area (Å²) in [5.74, 6) is -2.41. The van der Waals surface area contributed by atoms with E-state index in [2.05, 4.69) is 21.3 Å². The second-order valence-electron chi connectivity index (χ2n) is 13.5. The van der Waals surface area contributed by atoms with Gasteiger partial charge in [-0.2, -0.15) is 0 Å². The third-order valence-electron chi connectivity index (χ3n) is 7.58. The minimum Gasteiger partial charge on any atom is -0.343 e. The van der Waals surface area contributed by atoms with Gasteiger partial charge in [0, 0.05) is 13.5 Å². The zero-order chi connectivity index (χ0) is 32.4. The molecular formula is C33H53N5O5. The first-order valence-corrected chi connectivity index (χ1v) is 15.6. The van der Waals surface area contributed by atoms with Gasteiger partial charge in [0.1, 0.15) is 30.2 Å². The topological polar surface area (TPSA) is 137 Å². The molecular weight excluding hydrogens is 546 g/mol. The smallest absolute Gasteiger partial charge is 0.245 e. The Bertz CT molecular complexity index is 1100. The minimum atomic E-state index is -0.995. The van der Waals surface area contributed by atoms with Crippen LogP contribution >= 0.6 is 0 Å². The van der Waals surface area contributed by atoms with E-state index in [9.17, 15) is 24.0 Å². The van der Waals surface area contributed by atoms with E-state index >= 15 is 0 Å². The van der Waals surface area contributed by atoms with E-state index in [0.29, 0.717) is 19.3 Å². The second-order valence-corrected chi connectivity index (χ2v) is 13.5. The zero-order valence-electron chi connectivity index (χ0n) is 27.4. The van der Waals surface area contributed by atoms with Gasteiger partial charge in [-0.05, 0) is 48.5 Å². The van der Waals surface area contributed by atoms with Gasteiger partial charge in [-0.3, -0.25) is 24.0 Å². The lowest BCUT2D eigenvalue weighted by Gasteiger charge is -2.34. The molecule has 1 saturated heterocycles. The number of amides is 5. The highest BCUT2D eigenvalue weighted by molar-refractivity contribution is 5.98. The third-order valence-corrected chi connectivity index (χ3v) is 7.58. The normalized spacial score (nSPS) is 24.9. The van der Waals surface area contributed by atoms with Crippen LogP contribution in [0, 0.1) is 23.7 Å². The summed E-state index contributed by atoms with van der Waals surface area (Å²) < 4.78 is 0. The maximum atomic E-state index is 13.9. The van der Waals surface area contributed by atoms with Crippen molar-refractivity contribution in [2.45, 2.75) is 111 Å². The third kappa shape index (κ3) is 11.0. The highest BCUT2D eigenvalue weighted by Gasteiger charge is 2.38. The van der Waals surface area contributed by atoms with E-state index in [0.717, 1.165) is 5.56 Å². The van der Waals surface area contributed by atoms with Gasteiger partial charge in [-0.1, -0.05) is 85.7 Å². The van der Waals surface area contributed by atoms with E-state index in [1.807, 2.05) is 85.7 Å². The van der Waals surface area contributed by atoms with Crippen molar-refractivity contribution in [2.75, 3.05) is 7.05 Å². The summed E-state index contributed by atoms with van der Waals surface area (Å²) >= 11 is 0. The van der Waals surface area contributed by atoms with Crippen LogP contribution in [0.4, 0.5) is 0 Å². The molecule has 4 N–H and O–H groups in total. The van der Waals surface area contributed by atoms with Gasteiger partial charge in [0.25, 0.3) is 0 Å². The number of benzene rings is 1. The molecule has 1 aliphatic heterocycles. The Kier molecular flexibility index (Phi) is 13.7. The number of hydrogen-bond donors (Lipinski definition) is 4. The highest BCUT2D eigenvalue weighted by atomic mass is 16.2. The molecule has 0 bridgehead atoms. The summed E-state index contributed by atoms with van der Waals surface area (Å²) in [5.41, 5.74) is 0.833. The molecule has 1 aromatic carbocycles. The molecule has 5 amide bonds. The number of nitrogens with zero attached hydrogens (tertiary/aromatic N) is 1. The molecule has 1 aromatic rings. The Hall–Kier alpha value is -3.43. The van der Waals surface area contributed by atoms with Gasteiger partial charge < -0.3 is 26.2 Å². The van der Waals surface area contributed by atoms with Crippen LogP contribution in [0.25, 0.3) is 0 Å². The van der Waals surface area contributed by atoms with Crippen LogP contribution in [0.15, 0.2) is 30.3 Å². The molecule has 240 valence electrons. The van der Waals surface area contributed by atoms with Crippen molar-refractivity contribution in [3.05, 3.63) is 35.9 Å². The van der Waals surface area contributed by atoms with Gasteiger partial charge in [0.15, 0.2) is 0 Å². The van der Waals surface area contributed by atoms with E-state index in [4.69, 9.17) is 0 Å². The summed E-state index contributed by atoms with van der Waals surface area (Å²) in [6.45, 7) is 15.4. The van der Waals surface area contributed by atoms with Crippen LogP contribution < -0.4 is 21.3 Å². The lowest BCUT2D eigenvalue weighted by molar-refractivity contribution is -0.144. The molecule has 10 heteroatoms. The van der Waals surface area contributed by atoms with Crippen LogP contribution in [-0.2, 0) is 30.4 Å². The maximum absolute atomic E-state index is 13.9. The molecule has 0 aromatic heterocycles. The van der Waals surface area contributed by atoms with Crippen molar-refractivity contribution in [1.29, 1.82) is 0 Å². The SMILES string of the molecule is CC(C)C[C@@H]1NC(=O)[C@@H](Cc2ccccc2)NC(=O)[C@@H](CC(C)C)NC(=O)[C@@H](C(C)C)N(C)C(=O)[C@H](CC(C)C)NC1=O. The van der Waals surface area contributed by atoms with Crippen LogP contribution in [0.5, 0.6) is 0 Å². The van der Waals surface area contributed by atoms with E-state index in [1.165, 1.54) is 4.90 Å². The predicted octanol–water partition coefficient (Wildman–Crippen LogP) is 2.80. The molecule has 1 fully saturated rings. The number of hydrogen-bond acceptors (Lipinski definition) is 5. The van der Waals surface area contributed by atoms with Gasteiger partial charge in [0.05, 0.1) is 0 Å². The fourth-order valence-electron chi connectivity index (χ4n) is 5.54. The number of likely N-dealkylation sites (N-methyl/N-ethyl adjacent to an activating group) is 1. The monoisotopic (exact) mass is 599 g/mol. The summed E-state index contributed by atoms with van der Waals surface area (Å²) in [4.78, 5) is 70.2. The van der Waals surface area contributed by atoms with Crippen LogP contribution in [0.1, 0.15) is 80.2 Å². The Balaban J connectivity index is 2.64. The van der Waals surface area contributed by atoms with Gasteiger partial charge in [0.2, 0.25) is 29.5 Å². The van der Waals surface area contributed by atoms with Crippen LogP contribution in [0.2, 0.25) is 0 Å². The molecule has 0 aliphatic carbocycles. The Labute approximate surface area is 257 Å². The van der Waals surface area contributed by atoms with Crippen molar-refractivity contribution in [2.24, 2.45) is 23.7 Å². The van der Waals surface area contributed by atoms with Crippen LogP contribution in [0.3, 0.4) is 0 Å². The van der Waals surface area contributed by atoms with E-state index in [-0.39, 0.29) is 30.1 Å². The lowest BCUT2D eigenvalue weighted by Crippen LogP contribution is -2.59. The minimum absolute atomic E-state index is 0.0593. The Morgan fingerprint density at radius 3 is 1.44 bits per heavy atom. The summed E-state index contributed by atoms with van der Waals surface area (Å²) in [7, 11) is 1.56. The highest BCUT2D eigenvalue weighted by Crippen LogP contribution is 2.17. The number of rotatable bonds is 9. The first-order chi connectivity index (χ1) is 20.1. The first-order valence-electron chi connectivity index (χ1n) is 15.6. The average molecular weight is 600 g/mol. The van der Waals surface area contributed by atoms with Gasteiger partial charge >= 0.3 is 0 Å². The van der Waals surface area contributed by atoms with Crippen LogP contribution in [-0.4, -0.2) is 71.7 Å². The van der Waals surface area contributed by atoms with Crippen molar-refractivity contribution in [3.63, 3.8) is 0 Å². The fourth-order valence-corrected chi connectivity index (χ4v) is 5.54. The van der Waals surface area contributed by atoms with Crippen molar-refractivity contribution >= 4 is 29.5 Å². The van der Waals surface area contributed by atoms with Crippen molar-refractivity contribution in [1.82, 2.24) is 26.2 Å². The standard InChI is InChI=1S/C33H53N5O5/c1-19(2)15-24-30(40)37-27(17-21(5)6)33(43)38(9)28(22(7)8)32(42)36-25(16-20(3)4)29(39)35-26(31(41)34-24)18-23-13-11-10-12-14-23/h10-14,19-22,24-28H,15-18H2,1-9H3,(H,34,41)(H,35,39)(H,36,42)(H,37,40)/t24-,25+,26+,27-,28+/m0/s1. The van der Waals surface area contributed by atoms with Gasteiger partial charge in [-0.25, -0.2) is 0 Å². The molecule has 10 nitrogen and oxygen atoms in total. The Morgan fingerprint density at radius 1 is 0.581 bits per heavy atom. The molecule has 2 rings (SSSR count). The molecule has 1 heterocycles. The molecule has 5 atom stereocenters. The molecule has 0 spiro atoms. The van der Waals surface area contributed by atoms with E-state index < -0.39 is 59.7 Å².